The van der Waals surface area contributed by atoms with Crippen LogP contribution in [0.1, 0.15) is 61.6 Å². The number of methoxy groups -OCH3 is 1. The summed E-state index contributed by atoms with van der Waals surface area (Å²) in [6, 6.07) is 9.62. The zero-order valence-corrected chi connectivity index (χ0v) is 22.3. The molecule has 36 heavy (non-hydrogen) atoms. The largest absolute Gasteiger partial charge is 0.497 e. The van der Waals surface area contributed by atoms with Crippen LogP contribution in [-0.4, -0.2) is 47.7 Å². The Hall–Kier alpha value is -2.22. The number of rotatable bonds is 12. The summed E-state index contributed by atoms with van der Waals surface area (Å²) >= 11 is 8.21. The molecule has 8 heteroatoms. The molecule has 4 rings (SSSR count). The van der Waals surface area contributed by atoms with Gasteiger partial charge in [0.05, 0.1) is 24.1 Å². The number of halogens is 2. The number of aliphatic carboxylic acids is 1. The van der Waals surface area contributed by atoms with Gasteiger partial charge in [0, 0.05) is 22.0 Å². The van der Waals surface area contributed by atoms with Crippen molar-refractivity contribution < 1.29 is 19.0 Å². The number of nitrogens with zero attached hydrogens (tertiary/aromatic N) is 2. The summed E-state index contributed by atoms with van der Waals surface area (Å²) in [5, 5.41) is 12.7. The maximum atomic E-state index is 15.7. The summed E-state index contributed by atoms with van der Waals surface area (Å²) in [5.74, 6) is -0.197. The monoisotopic (exact) mass is 532 g/mol. The first kappa shape index (κ1) is 26.8. The SMILES string of the molecule is COc1ccc2ncc(Cl)c(C(F)CCC3(CC(=O)O)CCN(CCCCc4cccs4)CC3)c2c1. The van der Waals surface area contributed by atoms with E-state index in [9.17, 15) is 9.90 Å². The van der Waals surface area contributed by atoms with Crippen LogP contribution in [0.15, 0.2) is 41.9 Å². The molecule has 3 heterocycles. The molecule has 1 aromatic carbocycles. The number of carboxylic acids is 1. The molecule has 0 aliphatic carbocycles. The number of aromatic nitrogens is 1. The molecular weight excluding hydrogens is 499 g/mol. The Balaban J connectivity index is 1.37. The van der Waals surface area contributed by atoms with E-state index in [1.165, 1.54) is 11.1 Å². The van der Waals surface area contributed by atoms with Crippen LogP contribution in [0.3, 0.4) is 0 Å². The fraction of sp³-hybridized carbons (Fsp3) is 0.500. The molecule has 1 unspecified atom stereocenters. The van der Waals surface area contributed by atoms with Crippen LogP contribution in [0, 0.1) is 5.41 Å². The van der Waals surface area contributed by atoms with Crippen molar-refractivity contribution >= 4 is 39.8 Å². The van der Waals surface area contributed by atoms with Crippen molar-refractivity contribution in [1.29, 1.82) is 0 Å². The van der Waals surface area contributed by atoms with Crippen molar-refractivity contribution in [1.82, 2.24) is 9.88 Å². The van der Waals surface area contributed by atoms with Crippen LogP contribution < -0.4 is 4.74 Å². The maximum Gasteiger partial charge on any atom is 0.303 e. The van der Waals surface area contributed by atoms with Gasteiger partial charge >= 0.3 is 5.97 Å². The summed E-state index contributed by atoms with van der Waals surface area (Å²) in [4.78, 5) is 19.9. The van der Waals surface area contributed by atoms with E-state index >= 15 is 4.39 Å². The predicted molar refractivity (Wildman–Crippen MR) is 144 cm³/mol. The van der Waals surface area contributed by atoms with Gasteiger partial charge in [-0.2, -0.15) is 0 Å². The molecule has 1 aliphatic heterocycles. The number of likely N-dealkylation sites (tertiary alicyclic amines) is 1. The highest BCUT2D eigenvalue weighted by atomic mass is 35.5. The van der Waals surface area contributed by atoms with E-state index in [-0.39, 0.29) is 17.9 Å². The van der Waals surface area contributed by atoms with Crippen molar-refractivity contribution in [2.45, 2.75) is 57.5 Å². The summed E-state index contributed by atoms with van der Waals surface area (Å²) < 4.78 is 21.0. The molecule has 5 nitrogen and oxygen atoms in total. The number of alkyl halides is 1. The lowest BCUT2D eigenvalue weighted by atomic mass is 9.71. The van der Waals surface area contributed by atoms with Gasteiger partial charge in [-0.05, 0) is 99.6 Å². The van der Waals surface area contributed by atoms with Gasteiger partial charge in [0.1, 0.15) is 11.9 Å². The summed E-state index contributed by atoms with van der Waals surface area (Å²) in [5.41, 5.74) is 0.677. The van der Waals surface area contributed by atoms with Crippen molar-refractivity contribution in [3.8, 4) is 5.75 Å². The summed E-state index contributed by atoms with van der Waals surface area (Å²) in [6.07, 6.45) is 5.94. The Morgan fingerprint density at radius 3 is 2.81 bits per heavy atom. The second-order valence-corrected chi connectivity index (χ2v) is 11.3. The quantitative estimate of drug-likeness (QED) is 0.247. The molecule has 0 amide bonds. The minimum Gasteiger partial charge on any atom is -0.497 e. The molecule has 2 aromatic heterocycles. The maximum absolute atomic E-state index is 15.7. The van der Waals surface area contributed by atoms with Crippen molar-refractivity contribution in [2.24, 2.45) is 5.41 Å². The summed E-state index contributed by atoms with van der Waals surface area (Å²) in [7, 11) is 1.57. The van der Waals surface area contributed by atoms with E-state index in [0.29, 0.717) is 28.6 Å². The molecule has 0 saturated carbocycles. The first-order valence-corrected chi connectivity index (χ1v) is 13.9. The van der Waals surface area contributed by atoms with E-state index in [4.69, 9.17) is 16.3 Å². The van der Waals surface area contributed by atoms with Gasteiger partial charge in [0.25, 0.3) is 0 Å². The number of unbranched alkanes of at least 4 members (excludes halogenated alkanes) is 1. The van der Waals surface area contributed by atoms with Crippen molar-refractivity contribution in [3.63, 3.8) is 0 Å². The smallest absolute Gasteiger partial charge is 0.303 e. The van der Waals surface area contributed by atoms with Gasteiger partial charge in [-0.3, -0.25) is 9.78 Å². The standard InChI is InChI=1S/C28H34ClFN2O3S/c1-35-20-7-8-25-22(17-20)27(23(29)19-31-25)24(30)9-10-28(18-26(33)34)11-14-32(15-12-28)13-3-2-5-21-6-4-16-36-21/h4,6-8,16-17,19,24H,2-3,5,9-15,18H2,1H3,(H,33,34). The van der Waals surface area contributed by atoms with Crippen LogP contribution in [0.5, 0.6) is 5.75 Å². The second-order valence-electron chi connectivity index (χ2n) is 9.86. The Kier molecular flexibility index (Phi) is 9.20. The molecule has 194 valence electrons. The van der Waals surface area contributed by atoms with Crippen LogP contribution in [0.2, 0.25) is 5.02 Å². The van der Waals surface area contributed by atoms with Gasteiger partial charge in [-0.15, -0.1) is 11.3 Å². The number of hydrogen-bond acceptors (Lipinski definition) is 5. The lowest BCUT2D eigenvalue weighted by Crippen LogP contribution is -2.41. The average molecular weight is 533 g/mol. The van der Waals surface area contributed by atoms with E-state index in [2.05, 4.69) is 27.4 Å². The van der Waals surface area contributed by atoms with Gasteiger partial charge in [0.15, 0.2) is 0 Å². The van der Waals surface area contributed by atoms with Crippen LogP contribution >= 0.6 is 22.9 Å². The third-order valence-corrected chi connectivity index (χ3v) is 8.72. The van der Waals surface area contributed by atoms with E-state index in [1.807, 2.05) is 0 Å². The van der Waals surface area contributed by atoms with E-state index < -0.39 is 17.6 Å². The van der Waals surface area contributed by atoms with Crippen LogP contribution in [-0.2, 0) is 11.2 Å². The number of fused-ring (bicyclic) bond motifs is 1. The fourth-order valence-electron chi connectivity index (χ4n) is 5.37. The molecule has 0 spiro atoms. The molecule has 1 atom stereocenters. The van der Waals surface area contributed by atoms with E-state index in [1.54, 1.807) is 36.6 Å². The van der Waals surface area contributed by atoms with Crippen LogP contribution in [0.25, 0.3) is 10.9 Å². The summed E-state index contributed by atoms with van der Waals surface area (Å²) in [6.45, 7) is 2.75. The third kappa shape index (κ3) is 6.75. The molecule has 1 fully saturated rings. The lowest BCUT2D eigenvalue weighted by Gasteiger charge is -2.41. The zero-order chi connectivity index (χ0) is 25.5. The molecular formula is C28H34ClFN2O3S. The van der Waals surface area contributed by atoms with Gasteiger partial charge in [-0.25, -0.2) is 4.39 Å². The topological polar surface area (TPSA) is 62.7 Å². The molecule has 1 N–H and O–H groups in total. The van der Waals surface area contributed by atoms with E-state index in [0.717, 1.165) is 51.7 Å². The highest BCUT2D eigenvalue weighted by Gasteiger charge is 2.37. The molecule has 0 radical (unpaired) electrons. The Bertz CT molecular complexity index is 1150. The predicted octanol–water partition coefficient (Wildman–Crippen LogP) is 7.33. The number of thiophene rings is 1. The average Bonchev–Trinajstić information content (AvgIpc) is 3.39. The first-order chi connectivity index (χ1) is 17.4. The molecule has 0 bridgehead atoms. The second kappa shape index (κ2) is 12.3. The molecule has 1 aliphatic rings. The van der Waals surface area contributed by atoms with Crippen molar-refractivity contribution in [3.05, 3.63) is 57.4 Å². The number of benzene rings is 1. The number of carbonyl (C=O) groups is 1. The Morgan fingerprint density at radius 2 is 2.11 bits per heavy atom. The normalized spacial score (nSPS) is 16.8. The number of piperidine rings is 1. The minimum atomic E-state index is -1.31. The number of ether oxygens (including phenoxy) is 1. The first-order valence-electron chi connectivity index (χ1n) is 12.6. The fourth-order valence-corrected chi connectivity index (χ4v) is 6.39. The lowest BCUT2D eigenvalue weighted by molar-refractivity contribution is -0.141. The third-order valence-electron chi connectivity index (χ3n) is 7.48. The van der Waals surface area contributed by atoms with Crippen molar-refractivity contribution in [2.75, 3.05) is 26.7 Å². The zero-order valence-electron chi connectivity index (χ0n) is 20.7. The highest BCUT2D eigenvalue weighted by molar-refractivity contribution is 7.09. The number of pyridine rings is 1. The van der Waals surface area contributed by atoms with Gasteiger partial charge in [0.2, 0.25) is 0 Å². The number of hydrogen-bond donors (Lipinski definition) is 1. The van der Waals surface area contributed by atoms with Gasteiger partial charge < -0.3 is 14.7 Å². The Morgan fingerprint density at radius 1 is 1.31 bits per heavy atom. The Labute approximate surface area is 221 Å². The van der Waals surface area contributed by atoms with Gasteiger partial charge in [-0.1, -0.05) is 17.7 Å². The number of carboxylic acid groups (broad SMARTS) is 1. The number of aryl methyl sites for hydroxylation is 1. The van der Waals surface area contributed by atoms with Crippen LogP contribution in [0.4, 0.5) is 4.39 Å². The highest BCUT2D eigenvalue weighted by Crippen LogP contribution is 2.44. The molecule has 1 saturated heterocycles. The molecule has 3 aromatic rings. The minimum absolute atomic E-state index is 0.0740.